The summed E-state index contributed by atoms with van der Waals surface area (Å²) in [5.41, 5.74) is -0.734. The summed E-state index contributed by atoms with van der Waals surface area (Å²) in [6.45, 7) is 3.30. The summed E-state index contributed by atoms with van der Waals surface area (Å²) in [6.07, 6.45) is -4.43. The first-order valence-corrected chi connectivity index (χ1v) is 5.43. The predicted molar refractivity (Wildman–Crippen MR) is 58.3 cm³/mol. The van der Waals surface area contributed by atoms with Gasteiger partial charge >= 0.3 is 6.18 Å². The fourth-order valence-corrected chi connectivity index (χ4v) is 1.72. The minimum Gasteiger partial charge on any atom is -0.294 e. The first kappa shape index (κ1) is 13.2. The van der Waals surface area contributed by atoms with E-state index in [2.05, 4.69) is 15.9 Å². The number of alkyl halides is 3. The van der Waals surface area contributed by atoms with E-state index in [0.29, 0.717) is 0 Å². The first-order chi connectivity index (χ1) is 7.21. The lowest BCUT2D eigenvalue weighted by Crippen LogP contribution is -2.11. The summed E-state index contributed by atoms with van der Waals surface area (Å²) in [6, 6.07) is 3.24. The minimum atomic E-state index is -4.43. The van der Waals surface area contributed by atoms with E-state index in [9.17, 15) is 18.0 Å². The Bertz CT molecular complexity index is 410. The lowest BCUT2D eigenvalue weighted by atomic mass is 9.99. The van der Waals surface area contributed by atoms with Crippen LogP contribution >= 0.6 is 15.9 Å². The zero-order valence-electron chi connectivity index (χ0n) is 8.73. The van der Waals surface area contributed by atoms with Crippen LogP contribution in [-0.4, -0.2) is 5.78 Å². The van der Waals surface area contributed by atoms with Gasteiger partial charge in [0.2, 0.25) is 0 Å². The van der Waals surface area contributed by atoms with E-state index in [1.165, 1.54) is 6.07 Å². The highest BCUT2D eigenvalue weighted by Gasteiger charge is 2.31. The molecule has 0 saturated heterocycles. The molecule has 0 unspecified atom stereocenters. The molecule has 0 aliphatic rings. The molecule has 0 bridgehead atoms. The molecule has 16 heavy (non-hydrogen) atoms. The predicted octanol–water partition coefficient (Wildman–Crippen LogP) is 4.31. The second-order valence-electron chi connectivity index (χ2n) is 3.75. The van der Waals surface area contributed by atoms with Crippen LogP contribution in [0.2, 0.25) is 0 Å². The Hall–Kier alpha value is -0.840. The van der Waals surface area contributed by atoms with Crippen LogP contribution in [0.4, 0.5) is 13.2 Å². The number of halogens is 4. The molecule has 5 heteroatoms. The number of ketones is 1. The van der Waals surface area contributed by atoms with Crippen molar-refractivity contribution in [3.8, 4) is 0 Å². The van der Waals surface area contributed by atoms with Gasteiger partial charge in [-0.2, -0.15) is 13.2 Å². The highest BCUT2D eigenvalue weighted by Crippen LogP contribution is 2.32. The molecule has 0 heterocycles. The topological polar surface area (TPSA) is 17.1 Å². The molecule has 0 N–H and O–H groups in total. The number of hydrogen-bond donors (Lipinski definition) is 0. The van der Waals surface area contributed by atoms with E-state index >= 15 is 0 Å². The van der Waals surface area contributed by atoms with Gasteiger partial charge in [0.05, 0.1) is 5.56 Å². The van der Waals surface area contributed by atoms with Crippen LogP contribution in [-0.2, 0) is 6.18 Å². The molecule has 1 aromatic rings. The van der Waals surface area contributed by atoms with Gasteiger partial charge in [-0.3, -0.25) is 4.79 Å². The lowest BCUT2D eigenvalue weighted by molar-refractivity contribution is -0.137. The Balaban J connectivity index is 3.24. The third kappa shape index (κ3) is 3.07. The SMILES string of the molecule is CC(C)C(=O)c1cc(Br)cc(C(F)(F)F)c1. The third-order valence-electron chi connectivity index (χ3n) is 2.03. The van der Waals surface area contributed by atoms with Gasteiger partial charge in [0.25, 0.3) is 0 Å². The summed E-state index contributed by atoms with van der Waals surface area (Å²) in [4.78, 5) is 11.6. The van der Waals surface area contributed by atoms with E-state index in [1.54, 1.807) is 13.8 Å². The molecule has 0 spiro atoms. The third-order valence-corrected chi connectivity index (χ3v) is 2.49. The van der Waals surface area contributed by atoms with Crippen LogP contribution < -0.4 is 0 Å². The van der Waals surface area contributed by atoms with E-state index in [4.69, 9.17) is 0 Å². The molecule has 1 nitrogen and oxygen atoms in total. The molecule has 0 radical (unpaired) electrons. The van der Waals surface area contributed by atoms with Crippen LogP contribution in [0.3, 0.4) is 0 Å². The monoisotopic (exact) mass is 294 g/mol. The summed E-state index contributed by atoms with van der Waals surface area (Å²) in [5, 5.41) is 0. The highest BCUT2D eigenvalue weighted by atomic mass is 79.9. The summed E-state index contributed by atoms with van der Waals surface area (Å²) in [5.74, 6) is -0.623. The number of carbonyl (C=O) groups is 1. The van der Waals surface area contributed by atoms with Crippen LogP contribution in [0.15, 0.2) is 22.7 Å². The Morgan fingerprint density at radius 3 is 2.25 bits per heavy atom. The van der Waals surface area contributed by atoms with Crippen molar-refractivity contribution in [3.63, 3.8) is 0 Å². The molecule has 0 aliphatic heterocycles. The molecular formula is C11H10BrF3O. The Morgan fingerprint density at radius 1 is 1.25 bits per heavy atom. The zero-order valence-corrected chi connectivity index (χ0v) is 10.3. The number of Topliss-reactive ketones (excluding diaryl/α,β-unsaturated/α-hetero) is 1. The fourth-order valence-electron chi connectivity index (χ4n) is 1.23. The van der Waals surface area contributed by atoms with Crippen LogP contribution in [0.5, 0.6) is 0 Å². The van der Waals surface area contributed by atoms with Crippen molar-refractivity contribution in [3.05, 3.63) is 33.8 Å². The van der Waals surface area contributed by atoms with E-state index < -0.39 is 11.7 Å². The normalized spacial score (nSPS) is 11.9. The molecule has 1 rings (SSSR count). The van der Waals surface area contributed by atoms with Crippen LogP contribution in [0.1, 0.15) is 29.8 Å². The zero-order chi connectivity index (χ0) is 12.5. The molecule has 0 atom stereocenters. The van der Waals surface area contributed by atoms with E-state index in [-0.39, 0.29) is 21.7 Å². The van der Waals surface area contributed by atoms with Gasteiger partial charge in [0.1, 0.15) is 0 Å². The number of rotatable bonds is 2. The van der Waals surface area contributed by atoms with E-state index in [0.717, 1.165) is 12.1 Å². The van der Waals surface area contributed by atoms with Crippen LogP contribution in [0.25, 0.3) is 0 Å². The van der Waals surface area contributed by atoms with E-state index in [1.807, 2.05) is 0 Å². The second-order valence-corrected chi connectivity index (χ2v) is 4.66. The number of hydrogen-bond acceptors (Lipinski definition) is 1. The maximum atomic E-state index is 12.5. The molecular weight excluding hydrogens is 285 g/mol. The smallest absolute Gasteiger partial charge is 0.294 e. The molecule has 88 valence electrons. The standard InChI is InChI=1S/C11H10BrF3O/c1-6(2)10(16)7-3-8(11(13,14)15)5-9(12)4-7/h3-6H,1-2H3. The highest BCUT2D eigenvalue weighted by molar-refractivity contribution is 9.10. The Morgan fingerprint density at radius 2 is 1.81 bits per heavy atom. The van der Waals surface area contributed by atoms with Gasteiger partial charge in [-0.25, -0.2) is 0 Å². The van der Waals surface area contributed by atoms with Crippen molar-refractivity contribution < 1.29 is 18.0 Å². The Labute approximate surface area is 99.8 Å². The largest absolute Gasteiger partial charge is 0.416 e. The average molecular weight is 295 g/mol. The molecule has 1 aromatic carbocycles. The van der Waals surface area contributed by atoms with Gasteiger partial charge in [0.15, 0.2) is 5.78 Å². The molecule has 0 aliphatic carbocycles. The first-order valence-electron chi connectivity index (χ1n) is 4.64. The summed E-state index contributed by atoms with van der Waals surface area (Å²) < 4.78 is 37.7. The van der Waals surface area contributed by atoms with Gasteiger partial charge in [-0.1, -0.05) is 29.8 Å². The number of carbonyl (C=O) groups excluding carboxylic acids is 1. The second kappa shape index (κ2) is 4.57. The fraction of sp³-hybridized carbons (Fsp3) is 0.364. The summed E-state index contributed by atoms with van der Waals surface area (Å²) in [7, 11) is 0. The van der Waals surface area contributed by atoms with Gasteiger partial charge < -0.3 is 0 Å². The number of benzene rings is 1. The molecule has 0 amide bonds. The van der Waals surface area contributed by atoms with Crippen molar-refractivity contribution in [1.29, 1.82) is 0 Å². The van der Waals surface area contributed by atoms with Crippen molar-refractivity contribution in [2.75, 3.05) is 0 Å². The van der Waals surface area contributed by atoms with Crippen molar-refractivity contribution in [2.24, 2.45) is 5.92 Å². The molecule has 0 saturated carbocycles. The maximum absolute atomic E-state index is 12.5. The minimum absolute atomic E-state index is 0.0803. The molecule has 0 aromatic heterocycles. The van der Waals surface area contributed by atoms with Gasteiger partial charge in [0, 0.05) is 16.0 Å². The maximum Gasteiger partial charge on any atom is 0.416 e. The molecule has 0 fully saturated rings. The summed E-state index contributed by atoms with van der Waals surface area (Å²) >= 11 is 2.97. The Kier molecular flexibility index (Phi) is 3.78. The lowest BCUT2D eigenvalue weighted by Gasteiger charge is -2.10. The van der Waals surface area contributed by atoms with Crippen molar-refractivity contribution >= 4 is 21.7 Å². The average Bonchev–Trinajstić information content (AvgIpc) is 2.14. The van der Waals surface area contributed by atoms with Gasteiger partial charge in [-0.05, 0) is 18.2 Å². The van der Waals surface area contributed by atoms with Crippen molar-refractivity contribution in [2.45, 2.75) is 20.0 Å². The quantitative estimate of drug-likeness (QED) is 0.743. The van der Waals surface area contributed by atoms with Crippen LogP contribution in [0, 0.1) is 5.92 Å². The van der Waals surface area contributed by atoms with Crippen molar-refractivity contribution in [1.82, 2.24) is 0 Å². The van der Waals surface area contributed by atoms with Gasteiger partial charge in [-0.15, -0.1) is 0 Å².